The highest BCUT2D eigenvalue weighted by atomic mass is 16.5. The number of ether oxygens (including phenoxy) is 2. The first kappa shape index (κ1) is 15.7. The van der Waals surface area contributed by atoms with Crippen LogP contribution in [0.4, 0.5) is 0 Å². The number of β-lactam (4-membered cyclic amide) rings is 1. The highest BCUT2D eigenvalue weighted by molar-refractivity contribution is 6.09. The molecule has 0 aromatic carbocycles. The van der Waals surface area contributed by atoms with Gasteiger partial charge in [-0.2, -0.15) is 0 Å². The molecule has 1 saturated heterocycles. The van der Waals surface area contributed by atoms with Gasteiger partial charge in [0.1, 0.15) is 0 Å². The maximum absolute atomic E-state index is 12.3. The van der Waals surface area contributed by atoms with Crippen LogP contribution in [0.2, 0.25) is 0 Å². The average Bonchev–Trinajstić information content (AvgIpc) is 2.97. The fourth-order valence-corrected chi connectivity index (χ4v) is 2.36. The molecule has 6 nitrogen and oxygen atoms in total. The van der Waals surface area contributed by atoms with E-state index in [1.807, 2.05) is 20.8 Å². The first-order valence-corrected chi connectivity index (χ1v) is 7.02. The highest BCUT2D eigenvalue weighted by Gasteiger charge is 2.53. The Bertz CT molecular complexity index is 496. The Morgan fingerprint density at radius 2 is 2.14 bits per heavy atom. The van der Waals surface area contributed by atoms with Gasteiger partial charge in [0.05, 0.1) is 25.0 Å². The van der Waals surface area contributed by atoms with Gasteiger partial charge in [-0.1, -0.05) is 13.8 Å². The number of hydrogen-bond acceptors (Lipinski definition) is 5. The zero-order valence-electron chi connectivity index (χ0n) is 12.7. The highest BCUT2D eigenvalue weighted by Crippen LogP contribution is 2.31. The summed E-state index contributed by atoms with van der Waals surface area (Å²) < 4.78 is 15.8. The number of likely N-dealkylation sites (tertiary alicyclic amines) is 1. The molecule has 2 rings (SSSR count). The summed E-state index contributed by atoms with van der Waals surface area (Å²) in [5.74, 6) is -0.469. The third-order valence-corrected chi connectivity index (χ3v) is 3.64. The van der Waals surface area contributed by atoms with Gasteiger partial charge in [0, 0.05) is 7.11 Å². The summed E-state index contributed by atoms with van der Waals surface area (Å²) in [6, 6.07) is 2.89. The zero-order chi connectivity index (χ0) is 15.6. The molecule has 0 aliphatic carbocycles. The van der Waals surface area contributed by atoms with Gasteiger partial charge in [0.15, 0.2) is 11.9 Å². The lowest BCUT2D eigenvalue weighted by Gasteiger charge is -2.47. The van der Waals surface area contributed by atoms with Crippen molar-refractivity contribution in [3.05, 3.63) is 24.2 Å². The number of methoxy groups -OCH3 is 1. The van der Waals surface area contributed by atoms with Gasteiger partial charge < -0.3 is 13.9 Å². The van der Waals surface area contributed by atoms with Crippen molar-refractivity contribution in [3.63, 3.8) is 0 Å². The SMILES string of the molecule is COC(C)COC1C(=O)N(C(=O)c2ccco2)C1C(C)C. The molecule has 1 aliphatic heterocycles. The van der Waals surface area contributed by atoms with Gasteiger partial charge in [-0.3, -0.25) is 14.5 Å². The van der Waals surface area contributed by atoms with Crippen LogP contribution in [0.3, 0.4) is 0 Å². The summed E-state index contributed by atoms with van der Waals surface area (Å²) in [7, 11) is 1.59. The van der Waals surface area contributed by atoms with Crippen molar-refractivity contribution < 1.29 is 23.5 Å². The fraction of sp³-hybridized carbons (Fsp3) is 0.600. The van der Waals surface area contributed by atoms with Gasteiger partial charge in [-0.05, 0) is 25.0 Å². The van der Waals surface area contributed by atoms with Crippen molar-refractivity contribution in [2.45, 2.75) is 39.0 Å². The number of furan rings is 1. The van der Waals surface area contributed by atoms with Crippen LogP contribution in [0.25, 0.3) is 0 Å². The Morgan fingerprint density at radius 3 is 2.67 bits per heavy atom. The molecular weight excluding hydrogens is 274 g/mol. The number of carbonyl (C=O) groups is 2. The molecule has 1 aliphatic rings. The molecule has 3 unspecified atom stereocenters. The van der Waals surface area contributed by atoms with E-state index in [-0.39, 0.29) is 29.7 Å². The number of nitrogens with zero attached hydrogens (tertiary/aromatic N) is 1. The van der Waals surface area contributed by atoms with Crippen LogP contribution in [0.15, 0.2) is 22.8 Å². The van der Waals surface area contributed by atoms with Crippen LogP contribution in [0, 0.1) is 5.92 Å². The molecule has 6 heteroatoms. The Labute approximate surface area is 124 Å². The molecule has 0 bridgehead atoms. The lowest BCUT2D eigenvalue weighted by atomic mass is 9.87. The predicted octanol–water partition coefficient (Wildman–Crippen LogP) is 1.71. The van der Waals surface area contributed by atoms with Crippen LogP contribution in [-0.2, 0) is 14.3 Å². The van der Waals surface area contributed by atoms with Crippen molar-refractivity contribution in [1.29, 1.82) is 0 Å². The van der Waals surface area contributed by atoms with E-state index in [9.17, 15) is 9.59 Å². The van der Waals surface area contributed by atoms with Crippen molar-refractivity contribution in [3.8, 4) is 0 Å². The second kappa shape index (κ2) is 6.41. The summed E-state index contributed by atoms with van der Waals surface area (Å²) in [5.41, 5.74) is 0. The summed E-state index contributed by atoms with van der Waals surface area (Å²) in [4.78, 5) is 25.7. The van der Waals surface area contributed by atoms with E-state index in [0.717, 1.165) is 0 Å². The molecule has 116 valence electrons. The molecular formula is C15H21NO5. The first-order valence-electron chi connectivity index (χ1n) is 7.02. The summed E-state index contributed by atoms with van der Waals surface area (Å²) in [6.45, 7) is 6.09. The van der Waals surface area contributed by atoms with Gasteiger partial charge in [0.25, 0.3) is 11.8 Å². The second-order valence-corrected chi connectivity index (χ2v) is 5.53. The Morgan fingerprint density at radius 1 is 1.43 bits per heavy atom. The van der Waals surface area contributed by atoms with Gasteiger partial charge in [0.2, 0.25) is 0 Å². The van der Waals surface area contributed by atoms with Gasteiger partial charge >= 0.3 is 0 Å². The van der Waals surface area contributed by atoms with E-state index in [2.05, 4.69) is 0 Å². The summed E-state index contributed by atoms with van der Waals surface area (Å²) in [5, 5.41) is 0. The molecule has 0 N–H and O–H groups in total. The maximum atomic E-state index is 12.3. The third kappa shape index (κ3) is 3.01. The second-order valence-electron chi connectivity index (χ2n) is 5.53. The molecule has 2 amide bonds. The summed E-state index contributed by atoms with van der Waals surface area (Å²) in [6.07, 6.45) is 0.720. The smallest absolute Gasteiger partial charge is 0.296 e. The standard InChI is InChI=1S/C15H21NO5/c1-9(2)12-13(21-8-10(3)19-4)15(18)16(12)14(17)11-6-5-7-20-11/h5-7,9-10,12-13H,8H2,1-4H3. The van der Waals surface area contributed by atoms with Crippen molar-refractivity contribution >= 4 is 11.8 Å². The van der Waals surface area contributed by atoms with E-state index >= 15 is 0 Å². The number of carbonyl (C=O) groups excluding carboxylic acids is 2. The minimum atomic E-state index is -0.596. The maximum Gasteiger partial charge on any atom is 0.296 e. The molecule has 1 aromatic rings. The molecule has 1 aromatic heterocycles. The van der Waals surface area contributed by atoms with Crippen LogP contribution in [0.5, 0.6) is 0 Å². The quantitative estimate of drug-likeness (QED) is 0.590. The van der Waals surface area contributed by atoms with Gasteiger partial charge in [-0.15, -0.1) is 0 Å². The molecule has 2 heterocycles. The number of amides is 2. The topological polar surface area (TPSA) is 69.0 Å². The lowest BCUT2D eigenvalue weighted by Crippen LogP contribution is -2.69. The number of imide groups is 1. The molecule has 21 heavy (non-hydrogen) atoms. The van der Waals surface area contributed by atoms with E-state index in [1.165, 1.54) is 11.2 Å². The van der Waals surface area contributed by atoms with Crippen molar-refractivity contribution in [1.82, 2.24) is 4.90 Å². The van der Waals surface area contributed by atoms with Crippen LogP contribution in [0.1, 0.15) is 31.3 Å². The average molecular weight is 295 g/mol. The van der Waals surface area contributed by atoms with Crippen molar-refractivity contribution in [2.75, 3.05) is 13.7 Å². The van der Waals surface area contributed by atoms with Crippen LogP contribution >= 0.6 is 0 Å². The summed E-state index contributed by atoms with van der Waals surface area (Å²) >= 11 is 0. The lowest BCUT2D eigenvalue weighted by molar-refractivity contribution is -0.174. The largest absolute Gasteiger partial charge is 0.459 e. The molecule has 0 spiro atoms. The Hall–Kier alpha value is -1.66. The molecule has 0 radical (unpaired) electrons. The number of rotatable bonds is 6. The monoisotopic (exact) mass is 295 g/mol. The minimum absolute atomic E-state index is 0.0968. The molecule has 3 atom stereocenters. The fourth-order valence-electron chi connectivity index (χ4n) is 2.36. The van der Waals surface area contributed by atoms with Crippen molar-refractivity contribution in [2.24, 2.45) is 5.92 Å². The van der Waals surface area contributed by atoms with E-state index in [1.54, 1.807) is 19.2 Å². The Kier molecular flexibility index (Phi) is 4.80. The normalized spacial score (nSPS) is 23.3. The van der Waals surface area contributed by atoms with E-state index < -0.39 is 12.0 Å². The predicted molar refractivity (Wildman–Crippen MR) is 74.7 cm³/mol. The first-order chi connectivity index (χ1) is 9.97. The minimum Gasteiger partial charge on any atom is -0.459 e. The molecule has 1 fully saturated rings. The number of hydrogen-bond donors (Lipinski definition) is 0. The van der Waals surface area contributed by atoms with E-state index in [0.29, 0.717) is 6.61 Å². The van der Waals surface area contributed by atoms with Crippen LogP contribution < -0.4 is 0 Å². The zero-order valence-corrected chi connectivity index (χ0v) is 12.7. The van der Waals surface area contributed by atoms with E-state index in [4.69, 9.17) is 13.9 Å². The Balaban J connectivity index is 2.07. The van der Waals surface area contributed by atoms with Gasteiger partial charge in [-0.25, -0.2) is 0 Å². The van der Waals surface area contributed by atoms with Crippen LogP contribution in [-0.4, -0.2) is 48.7 Å². The third-order valence-electron chi connectivity index (χ3n) is 3.64. The molecule has 0 saturated carbocycles.